The molecule has 1 aromatic rings. The highest BCUT2D eigenvalue weighted by Gasteiger charge is 2.17. The van der Waals surface area contributed by atoms with Crippen LogP contribution < -0.4 is 0 Å². The molecule has 3 heteroatoms. The first-order chi connectivity index (χ1) is 7.15. The van der Waals surface area contributed by atoms with E-state index in [0.29, 0.717) is 12.0 Å². The van der Waals surface area contributed by atoms with Gasteiger partial charge in [-0.05, 0) is 18.8 Å². The molecule has 0 aliphatic carbocycles. The van der Waals surface area contributed by atoms with Crippen molar-refractivity contribution in [2.75, 3.05) is 0 Å². The van der Waals surface area contributed by atoms with Crippen LogP contribution in [0.15, 0.2) is 6.20 Å². The van der Waals surface area contributed by atoms with Crippen LogP contribution in [-0.4, -0.2) is 14.9 Å². The Morgan fingerprint density at radius 3 is 2.33 bits per heavy atom. The standard InChI is InChI=1S/C12H22N2O/c1-5-11(6-2)14-12(9(3)4)10(8-15)7-13-14/h7,9,11,15H,5-6,8H2,1-4H3. The van der Waals surface area contributed by atoms with Crippen molar-refractivity contribution in [3.63, 3.8) is 0 Å². The number of aliphatic hydroxyl groups excluding tert-OH is 1. The first-order valence-electron chi connectivity index (χ1n) is 5.82. The van der Waals surface area contributed by atoms with Gasteiger partial charge in [-0.1, -0.05) is 27.7 Å². The molecule has 0 spiro atoms. The van der Waals surface area contributed by atoms with E-state index in [0.717, 1.165) is 18.4 Å². The maximum atomic E-state index is 9.25. The molecule has 0 saturated carbocycles. The Kier molecular flexibility index (Phi) is 4.33. The zero-order valence-corrected chi connectivity index (χ0v) is 10.2. The molecule has 0 bridgehead atoms. The van der Waals surface area contributed by atoms with Gasteiger partial charge in [-0.15, -0.1) is 0 Å². The van der Waals surface area contributed by atoms with E-state index in [1.807, 2.05) is 0 Å². The summed E-state index contributed by atoms with van der Waals surface area (Å²) in [6.45, 7) is 8.74. The highest BCUT2D eigenvalue weighted by molar-refractivity contribution is 5.20. The Hall–Kier alpha value is -0.830. The lowest BCUT2D eigenvalue weighted by Gasteiger charge is -2.19. The summed E-state index contributed by atoms with van der Waals surface area (Å²) in [5, 5.41) is 13.7. The van der Waals surface area contributed by atoms with Crippen molar-refractivity contribution in [2.24, 2.45) is 0 Å². The van der Waals surface area contributed by atoms with E-state index >= 15 is 0 Å². The molecular weight excluding hydrogens is 188 g/mol. The van der Waals surface area contributed by atoms with Gasteiger partial charge in [0.15, 0.2) is 0 Å². The highest BCUT2D eigenvalue weighted by atomic mass is 16.3. The van der Waals surface area contributed by atoms with Crippen molar-refractivity contribution in [2.45, 2.75) is 59.1 Å². The number of nitrogens with zero attached hydrogens (tertiary/aromatic N) is 2. The lowest BCUT2D eigenvalue weighted by Crippen LogP contribution is -2.14. The molecule has 15 heavy (non-hydrogen) atoms. The topological polar surface area (TPSA) is 38.0 Å². The maximum Gasteiger partial charge on any atom is 0.0715 e. The largest absolute Gasteiger partial charge is 0.392 e. The molecule has 1 aromatic heterocycles. The third-order valence-corrected chi connectivity index (χ3v) is 2.92. The van der Waals surface area contributed by atoms with E-state index < -0.39 is 0 Å². The first kappa shape index (κ1) is 12.2. The van der Waals surface area contributed by atoms with Crippen molar-refractivity contribution < 1.29 is 5.11 Å². The van der Waals surface area contributed by atoms with E-state index in [-0.39, 0.29) is 6.61 Å². The Balaban J connectivity index is 3.11. The van der Waals surface area contributed by atoms with Crippen molar-refractivity contribution >= 4 is 0 Å². The van der Waals surface area contributed by atoms with E-state index in [9.17, 15) is 5.11 Å². The van der Waals surface area contributed by atoms with Crippen LogP contribution in [-0.2, 0) is 6.61 Å². The van der Waals surface area contributed by atoms with Crippen LogP contribution in [0.3, 0.4) is 0 Å². The maximum absolute atomic E-state index is 9.25. The summed E-state index contributed by atoms with van der Waals surface area (Å²) in [6, 6.07) is 0.461. The van der Waals surface area contributed by atoms with Gasteiger partial charge in [0.25, 0.3) is 0 Å². The van der Waals surface area contributed by atoms with Gasteiger partial charge in [-0.3, -0.25) is 4.68 Å². The van der Waals surface area contributed by atoms with Gasteiger partial charge in [0.1, 0.15) is 0 Å². The molecule has 0 aliphatic heterocycles. The molecule has 1 N–H and O–H groups in total. The lowest BCUT2D eigenvalue weighted by molar-refractivity contribution is 0.279. The molecule has 3 nitrogen and oxygen atoms in total. The van der Waals surface area contributed by atoms with Crippen molar-refractivity contribution in [3.8, 4) is 0 Å². The van der Waals surface area contributed by atoms with Crippen molar-refractivity contribution in [1.29, 1.82) is 0 Å². The van der Waals surface area contributed by atoms with Gasteiger partial charge in [0.05, 0.1) is 18.8 Å². The number of hydrogen-bond donors (Lipinski definition) is 1. The second-order valence-corrected chi connectivity index (χ2v) is 4.28. The first-order valence-corrected chi connectivity index (χ1v) is 5.82. The van der Waals surface area contributed by atoms with Crippen molar-refractivity contribution in [3.05, 3.63) is 17.5 Å². The summed E-state index contributed by atoms with van der Waals surface area (Å²) in [4.78, 5) is 0. The molecule has 0 fully saturated rings. The number of hydrogen-bond acceptors (Lipinski definition) is 2. The minimum Gasteiger partial charge on any atom is -0.392 e. The molecule has 0 unspecified atom stereocenters. The van der Waals surface area contributed by atoms with Gasteiger partial charge in [0.2, 0.25) is 0 Å². The van der Waals surface area contributed by atoms with Gasteiger partial charge in [0, 0.05) is 11.3 Å². The molecule has 86 valence electrons. The Bertz CT molecular complexity index is 301. The molecule has 0 aromatic carbocycles. The van der Waals surface area contributed by atoms with E-state index in [2.05, 4.69) is 37.5 Å². The predicted molar refractivity (Wildman–Crippen MR) is 61.9 cm³/mol. The minimum absolute atomic E-state index is 0.0909. The Morgan fingerprint density at radius 2 is 1.93 bits per heavy atom. The van der Waals surface area contributed by atoms with Crippen LogP contribution in [0.4, 0.5) is 0 Å². The second-order valence-electron chi connectivity index (χ2n) is 4.28. The Morgan fingerprint density at radius 1 is 1.33 bits per heavy atom. The molecule has 1 heterocycles. The van der Waals surface area contributed by atoms with E-state index in [4.69, 9.17) is 0 Å². The quantitative estimate of drug-likeness (QED) is 0.811. The predicted octanol–water partition coefficient (Wildman–Crippen LogP) is 2.86. The monoisotopic (exact) mass is 210 g/mol. The van der Waals surface area contributed by atoms with Crippen molar-refractivity contribution in [1.82, 2.24) is 9.78 Å². The summed E-state index contributed by atoms with van der Waals surface area (Å²) >= 11 is 0. The zero-order chi connectivity index (χ0) is 11.4. The van der Waals surface area contributed by atoms with Crippen LogP contribution in [0.25, 0.3) is 0 Å². The van der Waals surface area contributed by atoms with Crippen LogP contribution in [0, 0.1) is 0 Å². The van der Waals surface area contributed by atoms with Gasteiger partial charge < -0.3 is 5.11 Å². The fourth-order valence-corrected chi connectivity index (χ4v) is 2.09. The van der Waals surface area contributed by atoms with Crippen LogP contribution in [0.5, 0.6) is 0 Å². The third kappa shape index (κ3) is 2.40. The summed E-state index contributed by atoms with van der Waals surface area (Å²) in [6.07, 6.45) is 3.97. The average Bonchev–Trinajstić information content (AvgIpc) is 2.63. The molecule has 1 rings (SSSR count). The Labute approximate surface area is 92.1 Å². The normalized spacial score (nSPS) is 11.7. The van der Waals surface area contributed by atoms with Gasteiger partial charge in [-0.2, -0.15) is 5.10 Å². The lowest BCUT2D eigenvalue weighted by atomic mass is 10.0. The molecule has 0 amide bonds. The smallest absolute Gasteiger partial charge is 0.0715 e. The SMILES string of the molecule is CCC(CC)n1ncc(CO)c1C(C)C. The van der Waals surface area contributed by atoms with Crippen LogP contribution in [0.1, 0.15) is 63.8 Å². The summed E-state index contributed by atoms with van der Waals surface area (Å²) in [5.74, 6) is 0.412. The summed E-state index contributed by atoms with van der Waals surface area (Å²) < 4.78 is 2.09. The highest BCUT2D eigenvalue weighted by Crippen LogP contribution is 2.25. The van der Waals surface area contributed by atoms with Crippen LogP contribution in [0.2, 0.25) is 0 Å². The molecule has 0 saturated heterocycles. The van der Waals surface area contributed by atoms with Gasteiger partial charge in [-0.25, -0.2) is 0 Å². The molecule has 0 atom stereocenters. The third-order valence-electron chi connectivity index (χ3n) is 2.92. The van der Waals surface area contributed by atoms with E-state index in [1.54, 1.807) is 6.20 Å². The zero-order valence-electron chi connectivity index (χ0n) is 10.2. The fraction of sp³-hybridized carbons (Fsp3) is 0.750. The fourth-order valence-electron chi connectivity index (χ4n) is 2.09. The molecule has 0 radical (unpaired) electrons. The van der Waals surface area contributed by atoms with E-state index in [1.165, 1.54) is 5.69 Å². The second kappa shape index (κ2) is 5.31. The molecular formula is C12H22N2O. The number of aromatic nitrogens is 2. The average molecular weight is 210 g/mol. The summed E-state index contributed by atoms with van der Waals surface area (Å²) in [5.41, 5.74) is 2.16. The summed E-state index contributed by atoms with van der Waals surface area (Å²) in [7, 11) is 0. The molecule has 0 aliphatic rings. The number of aliphatic hydroxyl groups is 1. The van der Waals surface area contributed by atoms with Crippen LogP contribution >= 0.6 is 0 Å². The number of rotatable bonds is 5. The van der Waals surface area contributed by atoms with Gasteiger partial charge >= 0.3 is 0 Å². The minimum atomic E-state index is 0.0909.